The number of rotatable bonds is 4. The van der Waals surface area contributed by atoms with Crippen molar-refractivity contribution in [2.24, 2.45) is 0 Å². The van der Waals surface area contributed by atoms with E-state index in [-0.39, 0.29) is 28.5 Å². The van der Waals surface area contributed by atoms with E-state index in [0.717, 1.165) is 6.07 Å². The van der Waals surface area contributed by atoms with Crippen LogP contribution in [-0.2, 0) is 24.3 Å². The van der Waals surface area contributed by atoms with Crippen molar-refractivity contribution in [3.63, 3.8) is 0 Å². The van der Waals surface area contributed by atoms with Crippen molar-refractivity contribution in [3.8, 4) is 0 Å². The van der Waals surface area contributed by atoms with Crippen molar-refractivity contribution in [2.75, 3.05) is 13.7 Å². The molecule has 21 heavy (non-hydrogen) atoms. The lowest BCUT2D eigenvalue weighted by atomic mass is 10.2. The second kappa shape index (κ2) is 6.00. The van der Waals surface area contributed by atoms with E-state index >= 15 is 0 Å². The van der Waals surface area contributed by atoms with Crippen LogP contribution in [-0.4, -0.2) is 40.1 Å². The number of carbonyl (C=O) groups excluding carboxylic acids is 2. The number of ether oxygens (including phenoxy) is 2. The Hall–Kier alpha value is -1.64. The van der Waals surface area contributed by atoms with Gasteiger partial charge in [0.05, 0.1) is 17.2 Å². The third-order valence-electron chi connectivity index (χ3n) is 2.86. The maximum atomic E-state index is 11.9. The standard InChI is InChI=1S/C12H12ClNO6S/c1-14-21(17,18)10-6-7(2-3-8(10)13)11(15)20-9-4-5-19-12(9)16/h2-3,6,9,14H,4-5H2,1H3/t9-/m0/s1. The predicted octanol–water partition coefficient (Wildman–Crippen LogP) is 0.720. The lowest BCUT2D eigenvalue weighted by molar-refractivity contribution is -0.145. The highest BCUT2D eigenvalue weighted by Crippen LogP contribution is 2.23. The van der Waals surface area contributed by atoms with Crippen LogP contribution in [0.1, 0.15) is 16.8 Å². The molecule has 7 nitrogen and oxygen atoms in total. The number of benzene rings is 1. The van der Waals surface area contributed by atoms with Crippen LogP contribution in [0.15, 0.2) is 23.1 Å². The summed E-state index contributed by atoms with van der Waals surface area (Å²) >= 11 is 5.81. The van der Waals surface area contributed by atoms with Crippen LogP contribution in [0.4, 0.5) is 0 Å². The fourth-order valence-corrected chi connectivity index (χ4v) is 2.98. The Morgan fingerprint density at radius 1 is 1.48 bits per heavy atom. The van der Waals surface area contributed by atoms with Crippen LogP contribution >= 0.6 is 11.6 Å². The Morgan fingerprint density at radius 3 is 2.76 bits per heavy atom. The molecule has 1 aromatic rings. The number of hydrogen-bond acceptors (Lipinski definition) is 6. The molecule has 1 fully saturated rings. The number of nitrogens with one attached hydrogen (secondary N) is 1. The molecule has 1 heterocycles. The molecule has 0 spiro atoms. The molecule has 0 bridgehead atoms. The summed E-state index contributed by atoms with van der Waals surface area (Å²) in [6.45, 7) is 0.191. The molecular formula is C12H12ClNO6S. The summed E-state index contributed by atoms with van der Waals surface area (Å²) in [5, 5.41) is -0.0267. The van der Waals surface area contributed by atoms with Crippen LogP contribution in [0.25, 0.3) is 0 Å². The Morgan fingerprint density at radius 2 is 2.19 bits per heavy atom. The first kappa shape index (κ1) is 15.7. The minimum atomic E-state index is -3.80. The van der Waals surface area contributed by atoms with Crippen molar-refractivity contribution in [1.82, 2.24) is 4.72 Å². The van der Waals surface area contributed by atoms with Crippen molar-refractivity contribution in [1.29, 1.82) is 0 Å². The zero-order valence-corrected chi connectivity index (χ0v) is 12.5. The minimum Gasteiger partial charge on any atom is -0.463 e. The van der Waals surface area contributed by atoms with Crippen molar-refractivity contribution in [2.45, 2.75) is 17.4 Å². The van der Waals surface area contributed by atoms with Gasteiger partial charge in [0.2, 0.25) is 16.1 Å². The smallest absolute Gasteiger partial charge is 0.347 e. The third-order valence-corrected chi connectivity index (χ3v) is 4.76. The summed E-state index contributed by atoms with van der Waals surface area (Å²) in [6.07, 6.45) is -0.683. The molecule has 2 rings (SSSR count). The van der Waals surface area contributed by atoms with Gasteiger partial charge in [-0.3, -0.25) is 0 Å². The van der Waals surface area contributed by atoms with E-state index < -0.39 is 28.1 Å². The predicted molar refractivity (Wildman–Crippen MR) is 72.5 cm³/mol. The number of carbonyl (C=O) groups is 2. The van der Waals surface area contributed by atoms with Crippen LogP contribution in [0.5, 0.6) is 0 Å². The summed E-state index contributed by atoms with van der Waals surface area (Å²) in [5.74, 6) is -1.43. The molecule has 9 heteroatoms. The summed E-state index contributed by atoms with van der Waals surface area (Å²) in [6, 6.07) is 3.69. The summed E-state index contributed by atoms with van der Waals surface area (Å²) < 4.78 is 35.3. The van der Waals surface area contributed by atoms with Gasteiger partial charge in [-0.05, 0) is 25.2 Å². The lowest BCUT2D eigenvalue weighted by Gasteiger charge is -2.10. The Labute approximate surface area is 126 Å². The zero-order valence-electron chi connectivity index (χ0n) is 11.0. The van der Waals surface area contributed by atoms with Crippen molar-refractivity contribution >= 4 is 33.6 Å². The monoisotopic (exact) mass is 333 g/mol. The van der Waals surface area contributed by atoms with Gasteiger partial charge in [-0.1, -0.05) is 11.6 Å². The molecule has 0 unspecified atom stereocenters. The summed E-state index contributed by atoms with van der Waals surface area (Å²) in [5.41, 5.74) is -0.0204. The zero-order chi connectivity index (χ0) is 15.6. The molecule has 0 amide bonds. The highest BCUT2D eigenvalue weighted by atomic mass is 35.5. The van der Waals surface area contributed by atoms with Crippen LogP contribution in [0, 0.1) is 0 Å². The van der Waals surface area contributed by atoms with Crippen molar-refractivity contribution in [3.05, 3.63) is 28.8 Å². The average Bonchev–Trinajstić information content (AvgIpc) is 2.84. The Kier molecular flexibility index (Phi) is 4.50. The summed E-state index contributed by atoms with van der Waals surface area (Å²) in [7, 11) is -2.58. The van der Waals surface area contributed by atoms with E-state index in [0.29, 0.717) is 0 Å². The van der Waals surface area contributed by atoms with Crippen LogP contribution in [0.3, 0.4) is 0 Å². The van der Waals surface area contributed by atoms with Gasteiger partial charge >= 0.3 is 11.9 Å². The number of sulfonamides is 1. The molecule has 0 aliphatic carbocycles. The quantitative estimate of drug-likeness (QED) is 0.815. The number of halogens is 1. The lowest BCUT2D eigenvalue weighted by Crippen LogP contribution is -2.23. The fourth-order valence-electron chi connectivity index (χ4n) is 1.73. The van der Waals surface area contributed by atoms with Gasteiger partial charge in [0.15, 0.2) is 0 Å². The van der Waals surface area contributed by atoms with Crippen molar-refractivity contribution < 1.29 is 27.5 Å². The molecule has 1 N–H and O–H groups in total. The molecule has 0 radical (unpaired) electrons. The number of esters is 2. The first-order valence-corrected chi connectivity index (χ1v) is 7.82. The molecule has 0 aromatic heterocycles. The van der Waals surface area contributed by atoms with Gasteiger partial charge in [0, 0.05) is 6.42 Å². The second-order valence-corrected chi connectivity index (χ2v) is 6.47. The average molecular weight is 334 g/mol. The first-order valence-electron chi connectivity index (χ1n) is 5.96. The number of hydrogen-bond donors (Lipinski definition) is 1. The van der Waals surface area contributed by atoms with Crippen LogP contribution in [0.2, 0.25) is 5.02 Å². The number of cyclic esters (lactones) is 1. The third kappa shape index (κ3) is 3.34. The highest BCUT2D eigenvalue weighted by Gasteiger charge is 2.31. The SMILES string of the molecule is CNS(=O)(=O)c1cc(C(=O)O[C@H]2CCOC2=O)ccc1Cl. The fraction of sp³-hybridized carbons (Fsp3) is 0.333. The normalized spacial score (nSPS) is 18.4. The summed E-state index contributed by atoms with van der Waals surface area (Å²) in [4.78, 5) is 22.9. The van der Waals surface area contributed by atoms with Gasteiger partial charge in [-0.15, -0.1) is 0 Å². The van der Waals surface area contributed by atoms with Gasteiger partial charge in [0.25, 0.3) is 0 Å². The maximum Gasteiger partial charge on any atom is 0.347 e. The molecule has 114 valence electrons. The van der Waals surface area contributed by atoms with Gasteiger partial charge in [-0.2, -0.15) is 0 Å². The molecule has 1 aliphatic heterocycles. The Balaban J connectivity index is 2.26. The molecule has 1 aromatic carbocycles. The van der Waals surface area contributed by atoms with E-state index in [1.807, 2.05) is 0 Å². The topological polar surface area (TPSA) is 98.8 Å². The highest BCUT2D eigenvalue weighted by molar-refractivity contribution is 7.89. The van der Waals surface area contributed by atoms with Gasteiger partial charge in [-0.25, -0.2) is 22.7 Å². The molecular weight excluding hydrogens is 322 g/mol. The minimum absolute atomic E-state index is 0.0204. The first-order chi connectivity index (χ1) is 9.85. The van der Waals surface area contributed by atoms with E-state index in [1.54, 1.807) is 0 Å². The Bertz CT molecular complexity index is 687. The van der Waals surface area contributed by atoms with E-state index in [4.69, 9.17) is 16.3 Å². The molecule has 1 atom stereocenters. The van der Waals surface area contributed by atoms with Crippen LogP contribution < -0.4 is 4.72 Å². The molecule has 1 saturated heterocycles. The van der Waals surface area contributed by atoms with E-state index in [9.17, 15) is 18.0 Å². The van der Waals surface area contributed by atoms with E-state index in [2.05, 4.69) is 9.46 Å². The molecule has 0 saturated carbocycles. The van der Waals surface area contributed by atoms with Gasteiger partial charge < -0.3 is 9.47 Å². The van der Waals surface area contributed by atoms with Gasteiger partial charge in [0.1, 0.15) is 4.90 Å². The second-order valence-electron chi connectivity index (χ2n) is 4.20. The largest absolute Gasteiger partial charge is 0.463 e. The van der Waals surface area contributed by atoms with E-state index in [1.165, 1.54) is 19.2 Å². The molecule has 1 aliphatic rings. The maximum absolute atomic E-state index is 11.9.